The van der Waals surface area contributed by atoms with E-state index in [-0.39, 0.29) is 5.91 Å². The standard InChI is InChI=1S/C23H16Cl2N2O2S/c24-17-9-8-16(20(25)13-17)14-29-19-10-6-15(7-11-19)12-21-22(28)27-23(30-21)26-18-4-2-1-3-5-18/h1-13H,14H2,(H,26,27,28)/b21-12-. The average Bonchev–Trinajstić information content (AvgIpc) is 3.08. The zero-order chi connectivity index (χ0) is 20.9. The van der Waals surface area contributed by atoms with Crippen LogP contribution in [0.25, 0.3) is 6.08 Å². The Hall–Kier alpha value is -2.73. The van der Waals surface area contributed by atoms with Gasteiger partial charge in [-0.3, -0.25) is 4.79 Å². The van der Waals surface area contributed by atoms with Crippen molar-refractivity contribution in [2.75, 3.05) is 0 Å². The molecular formula is C23H16Cl2N2O2S. The lowest BCUT2D eigenvalue weighted by atomic mass is 10.2. The Kier molecular flexibility index (Phi) is 6.43. The monoisotopic (exact) mass is 454 g/mol. The van der Waals surface area contributed by atoms with Gasteiger partial charge in [0.25, 0.3) is 5.91 Å². The number of nitrogens with one attached hydrogen (secondary N) is 1. The van der Waals surface area contributed by atoms with Gasteiger partial charge in [0.2, 0.25) is 0 Å². The molecule has 4 nitrogen and oxygen atoms in total. The number of amides is 1. The van der Waals surface area contributed by atoms with E-state index >= 15 is 0 Å². The number of carbonyl (C=O) groups excluding carboxylic acids is 1. The number of aliphatic imine (C=N–C) groups is 1. The summed E-state index contributed by atoms with van der Waals surface area (Å²) in [6.07, 6.45) is 1.83. The minimum atomic E-state index is -0.160. The van der Waals surface area contributed by atoms with Gasteiger partial charge in [0, 0.05) is 15.6 Å². The maximum absolute atomic E-state index is 12.2. The fourth-order valence-electron chi connectivity index (χ4n) is 2.71. The minimum Gasteiger partial charge on any atom is -0.489 e. The van der Waals surface area contributed by atoms with Gasteiger partial charge in [0.05, 0.1) is 10.6 Å². The van der Waals surface area contributed by atoms with Gasteiger partial charge in [-0.25, -0.2) is 4.99 Å². The number of hydrogen-bond donors (Lipinski definition) is 1. The van der Waals surface area contributed by atoms with E-state index < -0.39 is 0 Å². The minimum absolute atomic E-state index is 0.160. The number of ether oxygens (including phenoxy) is 1. The molecule has 3 aromatic carbocycles. The maximum Gasteiger partial charge on any atom is 0.264 e. The van der Waals surface area contributed by atoms with Crippen LogP contribution in [0.1, 0.15) is 11.1 Å². The number of nitrogens with zero attached hydrogens (tertiary/aromatic N) is 1. The van der Waals surface area contributed by atoms with E-state index in [2.05, 4.69) is 10.3 Å². The molecule has 0 bridgehead atoms. The summed E-state index contributed by atoms with van der Waals surface area (Å²) in [5.41, 5.74) is 2.55. The van der Waals surface area contributed by atoms with Crippen molar-refractivity contribution in [1.29, 1.82) is 0 Å². The number of thioether (sulfide) groups is 1. The number of hydrogen-bond acceptors (Lipinski definition) is 4. The van der Waals surface area contributed by atoms with Gasteiger partial charge < -0.3 is 10.1 Å². The Bertz CT molecular complexity index is 1130. The van der Waals surface area contributed by atoms with E-state index in [4.69, 9.17) is 27.9 Å². The summed E-state index contributed by atoms with van der Waals surface area (Å²) in [7, 11) is 0. The second-order valence-corrected chi connectivity index (χ2v) is 8.29. The first-order chi connectivity index (χ1) is 14.6. The third kappa shape index (κ3) is 5.25. The molecule has 1 heterocycles. The molecule has 150 valence electrons. The summed E-state index contributed by atoms with van der Waals surface area (Å²) in [6.45, 7) is 0.341. The van der Waals surface area contributed by atoms with E-state index in [1.807, 2.05) is 66.7 Å². The number of amidine groups is 1. The van der Waals surface area contributed by atoms with Gasteiger partial charge in [0.15, 0.2) is 5.17 Å². The summed E-state index contributed by atoms with van der Waals surface area (Å²) >= 11 is 13.4. The number of halogens is 2. The third-order valence-electron chi connectivity index (χ3n) is 4.23. The molecule has 0 spiro atoms. The van der Waals surface area contributed by atoms with E-state index in [1.54, 1.807) is 12.1 Å². The highest BCUT2D eigenvalue weighted by molar-refractivity contribution is 8.18. The van der Waals surface area contributed by atoms with Crippen molar-refractivity contribution in [2.45, 2.75) is 6.61 Å². The lowest BCUT2D eigenvalue weighted by Crippen LogP contribution is -2.19. The van der Waals surface area contributed by atoms with Gasteiger partial charge in [-0.1, -0.05) is 59.6 Å². The average molecular weight is 455 g/mol. The third-order valence-corrected chi connectivity index (χ3v) is 5.72. The predicted molar refractivity (Wildman–Crippen MR) is 124 cm³/mol. The molecule has 0 radical (unpaired) electrons. The van der Waals surface area contributed by atoms with Crippen LogP contribution in [0, 0.1) is 0 Å². The van der Waals surface area contributed by atoms with Crippen LogP contribution in [-0.4, -0.2) is 11.1 Å². The SMILES string of the molecule is O=C1NC(=Nc2ccccc2)S/C1=C\c1ccc(OCc2ccc(Cl)cc2Cl)cc1. The molecule has 4 rings (SSSR count). The molecule has 0 aliphatic carbocycles. The molecule has 30 heavy (non-hydrogen) atoms. The summed E-state index contributed by atoms with van der Waals surface area (Å²) in [5.74, 6) is 0.547. The fourth-order valence-corrected chi connectivity index (χ4v) is 4.02. The Morgan fingerprint density at radius 3 is 2.50 bits per heavy atom. The fraction of sp³-hybridized carbons (Fsp3) is 0.0435. The molecule has 1 amide bonds. The number of carbonyl (C=O) groups is 1. The van der Waals surface area contributed by atoms with E-state index in [1.165, 1.54) is 11.8 Å². The molecular weight excluding hydrogens is 439 g/mol. The number of para-hydroxylation sites is 1. The summed E-state index contributed by atoms with van der Waals surface area (Å²) in [5, 5.41) is 4.52. The first-order valence-corrected chi connectivity index (χ1v) is 10.7. The Balaban J connectivity index is 1.41. The van der Waals surface area contributed by atoms with Crippen molar-refractivity contribution < 1.29 is 9.53 Å². The lowest BCUT2D eigenvalue weighted by molar-refractivity contribution is -0.115. The van der Waals surface area contributed by atoms with Crippen molar-refractivity contribution >= 4 is 57.8 Å². The van der Waals surface area contributed by atoms with Crippen molar-refractivity contribution in [3.63, 3.8) is 0 Å². The molecule has 1 aliphatic rings. The van der Waals surface area contributed by atoms with Gasteiger partial charge >= 0.3 is 0 Å². The molecule has 7 heteroatoms. The quantitative estimate of drug-likeness (QED) is 0.449. The zero-order valence-corrected chi connectivity index (χ0v) is 18.0. The zero-order valence-electron chi connectivity index (χ0n) is 15.6. The van der Waals surface area contributed by atoms with Crippen LogP contribution in [0.3, 0.4) is 0 Å². The molecule has 1 N–H and O–H groups in total. The topological polar surface area (TPSA) is 50.7 Å². The Morgan fingerprint density at radius 1 is 1.00 bits per heavy atom. The van der Waals surface area contributed by atoms with Crippen LogP contribution in [0.15, 0.2) is 82.7 Å². The molecule has 1 aliphatic heterocycles. The maximum atomic E-state index is 12.2. The number of rotatable bonds is 5. The van der Waals surface area contributed by atoms with Crippen molar-refractivity contribution in [1.82, 2.24) is 5.32 Å². The summed E-state index contributed by atoms with van der Waals surface area (Å²) < 4.78 is 5.79. The van der Waals surface area contributed by atoms with Gasteiger partial charge in [-0.05, 0) is 59.8 Å². The molecule has 0 aromatic heterocycles. The van der Waals surface area contributed by atoms with Crippen LogP contribution < -0.4 is 10.1 Å². The second kappa shape index (κ2) is 9.39. The normalized spacial score (nSPS) is 16.1. The van der Waals surface area contributed by atoms with Crippen molar-refractivity contribution in [3.05, 3.63) is 98.9 Å². The molecule has 0 saturated carbocycles. The van der Waals surface area contributed by atoms with Crippen LogP contribution in [0.5, 0.6) is 5.75 Å². The molecule has 1 fully saturated rings. The van der Waals surface area contributed by atoms with Gasteiger partial charge in [-0.2, -0.15) is 0 Å². The number of benzene rings is 3. The van der Waals surface area contributed by atoms with Gasteiger partial charge in [0.1, 0.15) is 12.4 Å². The highest BCUT2D eigenvalue weighted by Gasteiger charge is 2.23. The van der Waals surface area contributed by atoms with Gasteiger partial charge in [-0.15, -0.1) is 0 Å². The first kappa shape index (κ1) is 20.5. The molecule has 0 atom stereocenters. The summed E-state index contributed by atoms with van der Waals surface area (Å²) in [6, 6.07) is 22.3. The highest BCUT2D eigenvalue weighted by atomic mass is 35.5. The lowest BCUT2D eigenvalue weighted by Gasteiger charge is -2.08. The van der Waals surface area contributed by atoms with Crippen LogP contribution in [0.4, 0.5) is 5.69 Å². The van der Waals surface area contributed by atoms with E-state index in [0.29, 0.717) is 32.5 Å². The van der Waals surface area contributed by atoms with Crippen LogP contribution in [-0.2, 0) is 11.4 Å². The highest BCUT2D eigenvalue weighted by Crippen LogP contribution is 2.28. The smallest absolute Gasteiger partial charge is 0.264 e. The predicted octanol–water partition coefficient (Wildman–Crippen LogP) is 6.46. The van der Waals surface area contributed by atoms with Crippen molar-refractivity contribution in [2.24, 2.45) is 4.99 Å². The molecule has 3 aromatic rings. The Labute approximate surface area is 188 Å². The van der Waals surface area contributed by atoms with Crippen molar-refractivity contribution in [3.8, 4) is 5.75 Å². The molecule has 0 unspecified atom stereocenters. The van der Waals surface area contributed by atoms with Crippen LogP contribution in [0.2, 0.25) is 10.0 Å². The van der Waals surface area contributed by atoms with Crippen LogP contribution >= 0.6 is 35.0 Å². The largest absolute Gasteiger partial charge is 0.489 e. The summed E-state index contributed by atoms with van der Waals surface area (Å²) in [4.78, 5) is 17.3. The Morgan fingerprint density at radius 2 is 1.77 bits per heavy atom. The molecule has 1 saturated heterocycles. The van der Waals surface area contributed by atoms with E-state index in [0.717, 1.165) is 16.8 Å². The first-order valence-electron chi connectivity index (χ1n) is 9.08. The second-order valence-electron chi connectivity index (χ2n) is 6.41. The van der Waals surface area contributed by atoms with E-state index in [9.17, 15) is 4.79 Å².